The van der Waals surface area contributed by atoms with Crippen LogP contribution in [0.15, 0.2) is 0 Å². The first-order valence-corrected chi connectivity index (χ1v) is 10.4. The van der Waals surface area contributed by atoms with E-state index in [1.165, 1.54) is 0 Å². The highest BCUT2D eigenvalue weighted by atomic mass is 16.5. The summed E-state index contributed by atoms with van der Waals surface area (Å²) >= 11 is 0. The van der Waals surface area contributed by atoms with E-state index in [4.69, 9.17) is 14.2 Å². The maximum absolute atomic E-state index is 11.4. The summed E-state index contributed by atoms with van der Waals surface area (Å²) in [6.07, 6.45) is 6.83. The van der Waals surface area contributed by atoms with Crippen molar-refractivity contribution in [3.8, 4) is 0 Å². The first kappa shape index (κ1) is 28.0. The molecular formula is C20H42N2O5. The lowest BCUT2D eigenvalue weighted by Crippen LogP contribution is -2.29. The van der Waals surface area contributed by atoms with Crippen molar-refractivity contribution >= 4 is 12.3 Å². The van der Waals surface area contributed by atoms with Gasteiger partial charge in [-0.1, -0.05) is 13.8 Å². The van der Waals surface area contributed by atoms with Crippen molar-refractivity contribution in [2.45, 2.75) is 72.3 Å². The minimum Gasteiger partial charge on any atom is -0.379 e. The van der Waals surface area contributed by atoms with Crippen LogP contribution in [0.25, 0.3) is 0 Å². The van der Waals surface area contributed by atoms with Crippen LogP contribution < -0.4 is 10.6 Å². The molecule has 7 heteroatoms. The molecule has 0 unspecified atom stereocenters. The monoisotopic (exact) mass is 390 g/mol. The van der Waals surface area contributed by atoms with Crippen LogP contribution in [0.4, 0.5) is 0 Å². The Morgan fingerprint density at radius 2 is 1.41 bits per heavy atom. The minimum absolute atomic E-state index is 0.0536. The van der Waals surface area contributed by atoms with E-state index in [0.717, 1.165) is 64.7 Å². The summed E-state index contributed by atoms with van der Waals surface area (Å²) in [6, 6.07) is 0. The summed E-state index contributed by atoms with van der Waals surface area (Å²) in [5.41, 5.74) is 0. The maximum atomic E-state index is 11.4. The fraction of sp³-hybridized carbons (Fsp3) is 0.900. The molecule has 0 aromatic heterocycles. The van der Waals surface area contributed by atoms with Gasteiger partial charge in [0, 0.05) is 26.3 Å². The first-order chi connectivity index (χ1) is 13.2. The second kappa shape index (κ2) is 24.8. The molecule has 0 aliphatic carbocycles. The Morgan fingerprint density at radius 3 is 1.93 bits per heavy atom. The predicted molar refractivity (Wildman–Crippen MR) is 109 cm³/mol. The topological polar surface area (TPSA) is 85.9 Å². The number of nitrogens with one attached hydrogen (secondary N) is 2. The van der Waals surface area contributed by atoms with E-state index in [1.54, 1.807) is 0 Å². The fourth-order valence-electron chi connectivity index (χ4n) is 2.02. The maximum Gasteiger partial charge on any atom is 0.246 e. The van der Waals surface area contributed by atoms with Crippen molar-refractivity contribution in [2.75, 3.05) is 46.1 Å². The average Bonchev–Trinajstić information content (AvgIpc) is 2.67. The Balaban J connectivity index is 0. The highest BCUT2D eigenvalue weighted by Crippen LogP contribution is 1.97. The third-order valence-corrected chi connectivity index (χ3v) is 3.40. The van der Waals surface area contributed by atoms with E-state index in [-0.39, 0.29) is 18.6 Å². The van der Waals surface area contributed by atoms with Crippen LogP contribution in [-0.4, -0.2) is 64.5 Å². The molecule has 7 nitrogen and oxygen atoms in total. The van der Waals surface area contributed by atoms with Gasteiger partial charge in [-0.15, -0.1) is 0 Å². The SMILES string of the molecule is CC.CC(C)OCC(=O)NCCCCCOCCOCCCCCNC=O. The van der Waals surface area contributed by atoms with Crippen LogP contribution in [0, 0.1) is 0 Å². The van der Waals surface area contributed by atoms with Gasteiger partial charge >= 0.3 is 0 Å². The van der Waals surface area contributed by atoms with E-state index in [9.17, 15) is 9.59 Å². The van der Waals surface area contributed by atoms with Crippen molar-refractivity contribution in [3.63, 3.8) is 0 Å². The number of hydrogen-bond donors (Lipinski definition) is 2. The molecule has 0 spiro atoms. The Kier molecular flexibility index (Phi) is 25.8. The van der Waals surface area contributed by atoms with Crippen LogP contribution in [0.3, 0.4) is 0 Å². The van der Waals surface area contributed by atoms with Gasteiger partial charge in [-0.25, -0.2) is 0 Å². The molecule has 0 atom stereocenters. The van der Waals surface area contributed by atoms with Gasteiger partial charge in [0.15, 0.2) is 0 Å². The molecular weight excluding hydrogens is 348 g/mol. The molecule has 27 heavy (non-hydrogen) atoms. The number of amides is 2. The number of ether oxygens (including phenoxy) is 3. The number of carbonyl (C=O) groups is 2. The van der Waals surface area contributed by atoms with Crippen LogP contribution in [-0.2, 0) is 23.8 Å². The first-order valence-electron chi connectivity index (χ1n) is 10.4. The molecule has 0 heterocycles. The summed E-state index contributed by atoms with van der Waals surface area (Å²) in [4.78, 5) is 21.4. The molecule has 0 bridgehead atoms. The number of unbranched alkanes of at least 4 members (excludes halogenated alkanes) is 4. The Labute approximate surface area is 165 Å². The van der Waals surface area contributed by atoms with Crippen molar-refractivity contribution in [2.24, 2.45) is 0 Å². The largest absolute Gasteiger partial charge is 0.379 e. The molecule has 2 amide bonds. The molecule has 0 saturated heterocycles. The van der Waals surface area contributed by atoms with Gasteiger partial charge in [-0.05, 0) is 52.4 Å². The number of rotatable bonds is 19. The molecule has 0 radical (unpaired) electrons. The van der Waals surface area contributed by atoms with Gasteiger partial charge in [0.2, 0.25) is 12.3 Å². The second-order valence-electron chi connectivity index (χ2n) is 6.13. The summed E-state index contributed by atoms with van der Waals surface area (Å²) in [7, 11) is 0. The molecule has 2 N–H and O–H groups in total. The molecule has 0 rings (SSSR count). The van der Waals surface area contributed by atoms with E-state index < -0.39 is 0 Å². The van der Waals surface area contributed by atoms with E-state index >= 15 is 0 Å². The normalized spacial score (nSPS) is 10.3. The minimum atomic E-state index is -0.0536. The summed E-state index contributed by atoms with van der Waals surface area (Å²) in [6.45, 7) is 12.1. The van der Waals surface area contributed by atoms with Gasteiger partial charge in [0.1, 0.15) is 6.61 Å². The van der Waals surface area contributed by atoms with Gasteiger partial charge < -0.3 is 24.8 Å². The average molecular weight is 391 g/mol. The molecule has 0 aliphatic heterocycles. The Morgan fingerprint density at radius 1 is 0.852 bits per heavy atom. The fourth-order valence-corrected chi connectivity index (χ4v) is 2.02. The number of hydrogen-bond acceptors (Lipinski definition) is 5. The lowest BCUT2D eigenvalue weighted by Gasteiger charge is -2.08. The molecule has 0 saturated carbocycles. The van der Waals surface area contributed by atoms with E-state index in [1.807, 2.05) is 27.7 Å². The lowest BCUT2D eigenvalue weighted by molar-refractivity contribution is -0.127. The zero-order valence-corrected chi connectivity index (χ0v) is 17.9. The number of carbonyl (C=O) groups excluding carboxylic acids is 2. The van der Waals surface area contributed by atoms with Crippen molar-refractivity contribution < 1.29 is 23.8 Å². The smallest absolute Gasteiger partial charge is 0.246 e. The molecule has 0 fully saturated rings. The molecule has 162 valence electrons. The quantitative estimate of drug-likeness (QED) is 0.262. The highest BCUT2D eigenvalue weighted by Gasteiger charge is 2.02. The predicted octanol–water partition coefficient (Wildman–Crippen LogP) is 2.67. The van der Waals surface area contributed by atoms with Crippen molar-refractivity contribution in [1.29, 1.82) is 0 Å². The van der Waals surface area contributed by atoms with Crippen molar-refractivity contribution in [1.82, 2.24) is 10.6 Å². The Bertz CT molecular complexity index is 315. The van der Waals surface area contributed by atoms with Crippen LogP contribution in [0.2, 0.25) is 0 Å². The highest BCUT2D eigenvalue weighted by molar-refractivity contribution is 5.77. The van der Waals surface area contributed by atoms with E-state index in [0.29, 0.717) is 19.8 Å². The zero-order valence-electron chi connectivity index (χ0n) is 17.9. The van der Waals surface area contributed by atoms with Gasteiger partial charge in [0.25, 0.3) is 0 Å². The summed E-state index contributed by atoms with van der Waals surface area (Å²) < 4.78 is 16.2. The lowest BCUT2D eigenvalue weighted by atomic mass is 10.2. The third-order valence-electron chi connectivity index (χ3n) is 3.40. The van der Waals surface area contributed by atoms with Crippen LogP contribution in [0.5, 0.6) is 0 Å². The van der Waals surface area contributed by atoms with Gasteiger partial charge in [-0.2, -0.15) is 0 Å². The summed E-state index contributed by atoms with van der Waals surface area (Å²) in [5.74, 6) is -0.0536. The van der Waals surface area contributed by atoms with Crippen LogP contribution >= 0.6 is 0 Å². The second-order valence-corrected chi connectivity index (χ2v) is 6.13. The Hall–Kier alpha value is -1.18. The summed E-state index contributed by atoms with van der Waals surface area (Å²) in [5, 5.41) is 5.48. The molecule has 0 aromatic rings. The van der Waals surface area contributed by atoms with Gasteiger partial charge in [0.05, 0.1) is 19.3 Å². The van der Waals surface area contributed by atoms with E-state index in [2.05, 4.69) is 10.6 Å². The van der Waals surface area contributed by atoms with Crippen LogP contribution in [0.1, 0.15) is 66.2 Å². The molecule has 0 aromatic carbocycles. The standard InChI is InChI=1S/C18H36N2O5.C2H6/c1-17(2)25-15-18(22)20-10-6-4-8-12-24-14-13-23-11-7-3-5-9-19-16-21;1-2/h16-17H,3-15H2,1-2H3,(H,19,21)(H,20,22);1-2H3. The molecule has 0 aliphatic rings. The zero-order chi connectivity index (χ0) is 20.6. The third kappa shape index (κ3) is 27.1. The van der Waals surface area contributed by atoms with Crippen molar-refractivity contribution in [3.05, 3.63) is 0 Å². The van der Waals surface area contributed by atoms with Gasteiger partial charge in [-0.3, -0.25) is 9.59 Å².